The van der Waals surface area contributed by atoms with Gasteiger partial charge in [-0.2, -0.15) is 18.3 Å². The standard InChI is InChI=1S/C22H26F3N5O2S/c1-33(26,32)16-11-15(6-10-27-16)28-20(31)19-17(22(23,24)25)18(13-3-4-13)29-30(19)12-14-5-9-21(14)7-2-8-21/h6,10-11,13-14,26H,2-5,7-9,12H2,1H3,(H,27,28,31). The Morgan fingerprint density at radius 3 is 2.55 bits per heavy atom. The van der Waals surface area contributed by atoms with E-state index >= 15 is 0 Å². The molecule has 7 nitrogen and oxygen atoms in total. The molecule has 2 heterocycles. The quantitative estimate of drug-likeness (QED) is 0.603. The summed E-state index contributed by atoms with van der Waals surface area (Å²) in [5.74, 6) is -0.950. The Balaban J connectivity index is 1.52. The molecule has 0 aromatic carbocycles. The number of rotatable bonds is 6. The number of aromatic nitrogens is 3. The van der Waals surface area contributed by atoms with Gasteiger partial charge < -0.3 is 5.32 Å². The number of nitrogens with zero attached hydrogens (tertiary/aromatic N) is 3. The van der Waals surface area contributed by atoms with Gasteiger partial charge in [-0.25, -0.2) is 14.0 Å². The topological polar surface area (TPSA) is 101 Å². The molecule has 0 saturated heterocycles. The van der Waals surface area contributed by atoms with Crippen molar-refractivity contribution in [3.63, 3.8) is 0 Å². The predicted octanol–water partition coefficient (Wildman–Crippen LogP) is 5.04. The first kappa shape index (κ1) is 22.4. The van der Waals surface area contributed by atoms with E-state index in [1.807, 2.05) is 0 Å². The fourth-order valence-corrected chi connectivity index (χ4v) is 5.81. The number of carbonyl (C=O) groups excluding carboxylic acids is 1. The van der Waals surface area contributed by atoms with E-state index in [2.05, 4.69) is 15.4 Å². The number of pyridine rings is 1. The van der Waals surface area contributed by atoms with Crippen molar-refractivity contribution in [2.45, 2.75) is 68.6 Å². The lowest BCUT2D eigenvalue weighted by Gasteiger charge is -2.56. The summed E-state index contributed by atoms with van der Waals surface area (Å²) < 4.78 is 63.5. The second kappa shape index (κ2) is 7.54. The molecule has 1 spiro atoms. The van der Waals surface area contributed by atoms with Gasteiger partial charge in [-0.3, -0.25) is 9.48 Å². The van der Waals surface area contributed by atoms with Gasteiger partial charge in [0.05, 0.1) is 15.4 Å². The molecule has 3 fully saturated rings. The Labute approximate surface area is 190 Å². The van der Waals surface area contributed by atoms with Crippen LogP contribution in [0.4, 0.5) is 18.9 Å². The fourth-order valence-electron chi connectivity index (χ4n) is 5.20. The second-order valence-corrected chi connectivity index (χ2v) is 11.8. The van der Waals surface area contributed by atoms with Crippen LogP contribution in [-0.4, -0.2) is 31.1 Å². The molecular formula is C22H26F3N5O2S. The lowest BCUT2D eigenvalue weighted by Crippen LogP contribution is -2.47. The third kappa shape index (κ3) is 4.04. The second-order valence-electron chi connectivity index (χ2n) is 9.70. The summed E-state index contributed by atoms with van der Waals surface area (Å²) in [5, 5.41) is 6.81. The van der Waals surface area contributed by atoms with Crippen LogP contribution in [0.1, 0.15) is 72.6 Å². The van der Waals surface area contributed by atoms with Crippen LogP contribution in [0.25, 0.3) is 0 Å². The number of alkyl halides is 3. The zero-order valence-electron chi connectivity index (χ0n) is 18.2. The lowest BCUT2D eigenvalue weighted by atomic mass is 9.50. The molecule has 1 amide bonds. The highest BCUT2D eigenvalue weighted by molar-refractivity contribution is 7.91. The maximum Gasteiger partial charge on any atom is 0.420 e. The SMILES string of the molecule is CS(=N)(=O)c1cc(NC(=O)c2c(C(F)(F)F)c(C3CC3)nn2CC2CCC23CCC3)ccn1. The molecule has 0 bridgehead atoms. The number of anilines is 1. The van der Waals surface area contributed by atoms with E-state index in [0.717, 1.165) is 32.1 Å². The average Bonchev–Trinajstić information content (AvgIpc) is 3.43. The van der Waals surface area contributed by atoms with Crippen LogP contribution in [0.15, 0.2) is 23.4 Å². The molecule has 2 unspecified atom stereocenters. The summed E-state index contributed by atoms with van der Waals surface area (Å²) in [6.45, 7) is 0.301. The Bertz CT molecular complexity index is 1210. The molecule has 3 saturated carbocycles. The van der Waals surface area contributed by atoms with Crippen LogP contribution < -0.4 is 5.32 Å². The largest absolute Gasteiger partial charge is 0.420 e. The zero-order chi connectivity index (χ0) is 23.6. The van der Waals surface area contributed by atoms with Crippen molar-refractivity contribution < 1.29 is 22.2 Å². The van der Waals surface area contributed by atoms with Crippen LogP contribution in [0, 0.1) is 16.1 Å². The van der Waals surface area contributed by atoms with E-state index in [4.69, 9.17) is 4.78 Å². The molecule has 178 valence electrons. The molecule has 2 aromatic heterocycles. The van der Waals surface area contributed by atoms with Gasteiger partial charge in [0.15, 0.2) is 0 Å². The number of hydrogen-bond donors (Lipinski definition) is 2. The molecule has 2 aromatic rings. The minimum Gasteiger partial charge on any atom is -0.320 e. The normalized spacial score (nSPS) is 23.5. The summed E-state index contributed by atoms with van der Waals surface area (Å²) in [7, 11) is -3.15. The molecule has 0 aliphatic heterocycles. The van der Waals surface area contributed by atoms with Crippen molar-refractivity contribution in [3.8, 4) is 0 Å². The summed E-state index contributed by atoms with van der Waals surface area (Å²) in [4.78, 5) is 17.1. The van der Waals surface area contributed by atoms with Gasteiger partial charge in [-0.05, 0) is 62.0 Å². The van der Waals surface area contributed by atoms with Gasteiger partial charge in [0.1, 0.15) is 16.3 Å². The first-order valence-electron chi connectivity index (χ1n) is 11.2. The fraction of sp³-hybridized carbons (Fsp3) is 0.591. The number of hydrogen-bond acceptors (Lipinski definition) is 5. The van der Waals surface area contributed by atoms with Crippen LogP contribution in [0.2, 0.25) is 0 Å². The van der Waals surface area contributed by atoms with E-state index in [1.54, 1.807) is 0 Å². The Kier molecular flexibility index (Phi) is 5.11. The van der Waals surface area contributed by atoms with Gasteiger partial charge in [-0.15, -0.1) is 0 Å². The first-order chi connectivity index (χ1) is 15.5. The average molecular weight is 482 g/mol. The monoisotopic (exact) mass is 481 g/mol. The van der Waals surface area contributed by atoms with Crippen molar-refractivity contribution in [1.82, 2.24) is 14.8 Å². The summed E-state index contributed by atoms with van der Waals surface area (Å²) >= 11 is 0. The maximum atomic E-state index is 14.2. The van der Waals surface area contributed by atoms with Gasteiger partial charge in [0, 0.05) is 30.6 Å². The van der Waals surface area contributed by atoms with Gasteiger partial charge in [0.25, 0.3) is 5.91 Å². The van der Waals surface area contributed by atoms with Crippen LogP contribution in [-0.2, 0) is 22.5 Å². The first-order valence-corrected chi connectivity index (χ1v) is 13.1. The molecule has 11 heteroatoms. The van der Waals surface area contributed by atoms with Crippen LogP contribution in [0.3, 0.4) is 0 Å². The van der Waals surface area contributed by atoms with Crippen molar-refractivity contribution in [1.29, 1.82) is 4.78 Å². The van der Waals surface area contributed by atoms with E-state index in [0.29, 0.717) is 19.4 Å². The van der Waals surface area contributed by atoms with E-state index in [9.17, 15) is 22.2 Å². The molecule has 2 atom stereocenters. The number of nitrogens with one attached hydrogen (secondary N) is 2. The molecule has 3 aliphatic rings. The molecule has 3 aliphatic carbocycles. The van der Waals surface area contributed by atoms with E-state index in [-0.39, 0.29) is 33.7 Å². The summed E-state index contributed by atoms with van der Waals surface area (Å²) in [6.07, 6.45) is 4.37. The third-order valence-electron chi connectivity index (χ3n) is 7.43. The summed E-state index contributed by atoms with van der Waals surface area (Å²) in [6, 6.07) is 2.66. The molecule has 33 heavy (non-hydrogen) atoms. The number of halogens is 3. The highest BCUT2D eigenvalue weighted by Gasteiger charge is 2.52. The van der Waals surface area contributed by atoms with E-state index in [1.165, 1.54) is 29.3 Å². The number of carbonyl (C=O) groups is 1. The van der Waals surface area contributed by atoms with Gasteiger partial charge in [0.2, 0.25) is 0 Å². The van der Waals surface area contributed by atoms with Crippen LogP contribution >= 0.6 is 0 Å². The Hall–Kier alpha value is -2.43. The van der Waals surface area contributed by atoms with Crippen molar-refractivity contribution in [3.05, 3.63) is 35.3 Å². The smallest absolute Gasteiger partial charge is 0.320 e. The molecule has 2 N–H and O–H groups in total. The van der Waals surface area contributed by atoms with Crippen molar-refractivity contribution in [2.75, 3.05) is 11.6 Å². The molecule has 0 radical (unpaired) electrons. The number of amides is 1. The van der Waals surface area contributed by atoms with Crippen molar-refractivity contribution >= 4 is 21.3 Å². The Morgan fingerprint density at radius 1 is 1.30 bits per heavy atom. The minimum atomic E-state index is -4.71. The van der Waals surface area contributed by atoms with E-state index < -0.39 is 33.1 Å². The predicted molar refractivity (Wildman–Crippen MR) is 115 cm³/mol. The molecular weight excluding hydrogens is 455 g/mol. The highest BCUT2D eigenvalue weighted by atomic mass is 32.2. The molecule has 5 rings (SSSR count). The van der Waals surface area contributed by atoms with Crippen LogP contribution in [0.5, 0.6) is 0 Å². The zero-order valence-corrected chi connectivity index (χ0v) is 19.1. The minimum absolute atomic E-state index is 0.0345. The van der Waals surface area contributed by atoms with Gasteiger partial charge >= 0.3 is 6.18 Å². The highest BCUT2D eigenvalue weighted by Crippen LogP contribution is 2.60. The van der Waals surface area contributed by atoms with Crippen molar-refractivity contribution in [2.24, 2.45) is 11.3 Å². The lowest BCUT2D eigenvalue weighted by molar-refractivity contribution is -0.138. The van der Waals surface area contributed by atoms with Gasteiger partial charge in [-0.1, -0.05) is 6.42 Å². The maximum absolute atomic E-state index is 14.2. The third-order valence-corrected chi connectivity index (χ3v) is 8.45. The summed E-state index contributed by atoms with van der Waals surface area (Å²) in [5.41, 5.74) is -1.11. The Morgan fingerprint density at radius 2 is 2.03 bits per heavy atom.